The van der Waals surface area contributed by atoms with Crippen molar-refractivity contribution in [1.82, 2.24) is 0 Å². The quantitative estimate of drug-likeness (QED) is 0.431. The van der Waals surface area contributed by atoms with Crippen LogP contribution in [0.15, 0.2) is 48.5 Å². The molecule has 0 spiro atoms. The first-order chi connectivity index (χ1) is 16.7. The summed E-state index contributed by atoms with van der Waals surface area (Å²) in [5.74, 6) is 2.22. The van der Waals surface area contributed by atoms with Crippen LogP contribution in [-0.4, -0.2) is 38.9 Å². The molecule has 2 heterocycles. The molecule has 2 aliphatic rings. The van der Waals surface area contributed by atoms with Crippen LogP contribution in [0.4, 0.5) is 11.4 Å². The summed E-state index contributed by atoms with van der Waals surface area (Å²) in [5, 5.41) is 0. The smallest absolute Gasteiger partial charge is 0.127 e. The second kappa shape index (κ2) is 8.82. The second-order valence-electron chi connectivity index (χ2n) is 10.7. The van der Waals surface area contributed by atoms with E-state index in [0.29, 0.717) is 0 Å². The molecule has 1 saturated heterocycles. The molecule has 4 heteroatoms. The van der Waals surface area contributed by atoms with E-state index in [9.17, 15) is 0 Å². The molecule has 4 nitrogen and oxygen atoms in total. The van der Waals surface area contributed by atoms with Gasteiger partial charge in [-0.3, -0.25) is 0 Å². The Morgan fingerprint density at radius 1 is 0.771 bits per heavy atom. The first kappa shape index (κ1) is 23.6. The molecule has 1 fully saturated rings. The molecule has 0 bridgehead atoms. The van der Waals surface area contributed by atoms with Crippen molar-refractivity contribution in [1.29, 1.82) is 0 Å². The van der Waals surface area contributed by atoms with Crippen LogP contribution in [0.3, 0.4) is 0 Å². The van der Waals surface area contributed by atoms with Gasteiger partial charge in [0.05, 0.1) is 13.0 Å². The zero-order valence-electron chi connectivity index (χ0n) is 22.2. The third kappa shape index (κ3) is 4.03. The fourth-order valence-electron chi connectivity index (χ4n) is 6.06. The molecule has 3 aromatic carbocycles. The molecule has 3 aromatic rings. The number of ether oxygens (including phenoxy) is 2. The van der Waals surface area contributed by atoms with Gasteiger partial charge in [-0.2, -0.15) is 0 Å². The van der Waals surface area contributed by atoms with Crippen molar-refractivity contribution < 1.29 is 9.47 Å². The van der Waals surface area contributed by atoms with E-state index in [1.54, 1.807) is 7.11 Å². The molecule has 1 atom stereocenters. The maximum Gasteiger partial charge on any atom is 0.127 e. The zero-order chi connectivity index (χ0) is 24.9. The Hall–Kier alpha value is -3.14. The topological polar surface area (TPSA) is 24.9 Å². The second-order valence-corrected chi connectivity index (χ2v) is 10.7. The lowest BCUT2D eigenvalue weighted by atomic mass is 9.78. The summed E-state index contributed by atoms with van der Waals surface area (Å²) in [7, 11) is 1.71. The van der Waals surface area contributed by atoms with Crippen LogP contribution in [0.5, 0.6) is 11.5 Å². The lowest BCUT2D eigenvalue weighted by molar-refractivity contribution is 0.121. The molecule has 184 valence electrons. The van der Waals surface area contributed by atoms with Crippen molar-refractivity contribution in [3.63, 3.8) is 0 Å². The molecular formula is C31H38N2O2. The minimum Gasteiger partial charge on any atom is -0.497 e. The van der Waals surface area contributed by atoms with Crippen LogP contribution in [0.1, 0.15) is 53.1 Å². The summed E-state index contributed by atoms with van der Waals surface area (Å²) in [6.45, 7) is 17.4. The summed E-state index contributed by atoms with van der Waals surface area (Å²) in [4.78, 5) is 5.07. The first-order valence-corrected chi connectivity index (χ1v) is 12.7. The predicted octanol–water partition coefficient (Wildman–Crippen LogP) is 6.56. The van der Waals surface area contributed by atoms with Gasteiger partial charge in [0.2, 0.25) is 0 Å². The van der Waals surface area contributed by atoms with Gasteiger partial charge in [0.1, 0.15) is 17.1 Å². The number of piperazine rings is 1. The number of hydrogen-bond donors (Lipinski definition) is 0. The minimum absolute atomic E-state index is 0.219. The van der Waals surface area contributed by atoms with Gasteiger partial charge >= 0.3 is 0 Å². The van der Waals surface area contributed by atoms with Gasteiger partial charge in [-0.15, -0.1) is 0 Å². The molecule has 0 N–H and O–H groups in total. The van der Waals surface area contributed by atoms with Crippen molar-refractivity contribution in [3.05, 3.63) is 81.9 Å². The molecule has 1 unspecified atom stereocenters. The zero-order valence-corrected chi connectivity index (χ0v) is 22.2. The maximum absolute atomic E-state index is 6.68. The Labute approximate surface area is 210 Å². The van der Waals surface area contributed by atoms with Crippen molar-refractivity contribution in [3.8, 4) is 11.5 Å². The van der Waals surface area contributed by atoms with Gasteiger partial charge in [-0.1, -0.05) is 29.8 Å². The normalized spacial score (nSPS) is 18.9. The largest absolute Gasteiger partial charge is 0.497 e. The fourth-order valence-corrected chi connectivity index (χ4v) is 6.06. The van der Waals surface area contributed by atoms with E-state index in [4.69, 9.17) is 9.47 Å². The van der Waals surface area contributed by atoms with Gasteiger partial charge in [-0.25, -0.2) is 0 Å². The minimum atomic E-state index is -0.286. The third-order valence-corrected chi connectivity index (χ3v) is 8.06. The third-order valence-electron chi connectivity index (χ3n) is 8.06. The van der Waals surface area contributed by atoms with E-state index in [-0.39, 0.29) is 11.5 Å². The highest BCUT2D eigenvalue weighted by Gasteiger charge is 2.45. The summed E-state index contributed by atoms with van der Waals surface area (Å²) in [6, 6.07) is 17.4. The average Bonchev–Trinajstić information content (AvgIpc) is 3.15. The lowest BCUT2D eigenvalue weighted by Gasteiger charge is -2.39. The molecule has 0 aliphatic carbocycles. The van der Waals surface area contributed by atoms with Gasteiger partial charge in [0, 0.05) is 43.1 Å². The molecule has 0 amide bonds. The molecule has 0 saturated carbocycles. The number of rotatable bonds is 4. The highest BCUT2D eigenvalue weighted by atomic mass is 16.5. The Balaban J connectivity index is 1.48. The van der Waals surface area contributed by atoms with Crippen LogP contribution in [0.2, 0.25) is 0 Å². The Bertz CT molecular complexity index is 1220. The highest BCUT2D eigenvalue weighted by Crippen LogP contribution is 2.54. The monoisotopic (exact) mass is 470 g/mol. The SMILES string of the molecule is COc1ccc(N2CCN(c3c(C)c(C)c4c(c3C)C(c3ccc(C)cc3)C(C)(C)O4)CC2)cc1. The van der Waals surface area contributed by atoms with Crippen LogP contribution in [-0.2, 0) is 0 Å². The van der Waals surface area contributed by atoms with Gasteiger partial charge < -0.3 is 19.3 Å². The summed E-state index contributed by atoms with van der Waals surface area (Å²) in [5.41, 5.74) is 10.4. The number of aryl methyl sites for hydroxylation is 1. The average molecular weight is 471 g/mol. The lowest BCUT2D eigenvalue weighted by Crippen LogP contribution is -2.47. The summed E-state index contributed by atoms with van der Waals surface area (Å²) < 4.78 is 12.0. The Morgan fingerprint density at radius 3 is 1.97 bits per heavy atom. The molecule has 35 heavy (non-hydrogen) atoms. The first-order valence-electron chi connectivity index (χ1n) is 12.7. The van der Waals surface area contributed by atoms with Crippen LogP contribution >= 0.6 is 0 Å². The van der Waals surface area contributed by atoms with Gasteiger partial charge in [0.25, 0.3) is 0 Å². The Morgan fingerprint density at radius 2 is 1.37 bits per heavy atom. The maximum atomic E-state index is 6.68. The Kier molecular flexibility index (Phi) is 5.94. The van der Waals surface area contributed by atoms with E-state index in [1.807, 2.05) is 12.1 Å². The van der Waals surface area contributed by atoms with E-state index in [2.05, 4.69) is 87.7 Å². The number of nitrogens with zero attached hydrogens (tertiary/aromatic N) is 2. The summed E-state index contributed by atoms with van der Waals surface area (Å²) in [6.07, 6.45) is 0. The van der Waals surface area contributed by atoms with Gasteiger partial charge in [0.15, 0.2) is 0 Å². The van der Waals surface area contributed by atoms with Crippen LogP contribution in [0.25, 0.3) is 0 Å². The van der Waals surface area contributed by atoms with Crippen molar-refractivity contribution in [2.24, 2.45) is 0 Å². The number of fused-ring (bicyclic) bond motifs is 1. The van der Waals surface area contributed by atoms with Crippen molar-refractivity contribution >= 4 is 11.4 Å². The van der Waals surface area contributed by atoms with Crippen LogP contribution in [0, 0.1) is 27.7 Å². The molecule has 0 aromatic heterocycles. The molecule has 5 rings (SSSR count). The molecule has 2 aliphatic heterocycles. The number of methoxy groups -OCH3 is 1. The fraction of sp³-hybridized carbons (Fsp3) is 0.419. The van der Waals surface area contributed by atoms with Crippen molar-refractivity contribution in [2.75, 3.05) is 43.1 Å². The van der Waals surface area contributed by atoms with Crippen LogP contribution < -0.4 is 19.3 Å². The van der Waals surface area contributed by atoms with Crippen molar-refractivity contribution in [2.45, 2.75) is 53.1 Å². The van der Waals surface area contributed by atoms with E-state index >= 15 is 0 Å². The number of anilines is 2. The van der Waals surface area contributed by atoms with Gasteiger partial charge in [-0.05, 0) is 88.1 Å². The summed E-state index contributed by atoms with van der Waals surface area (Å²) >= 11 is 0. The molecule has 0 radical (unpaired) electrons. The number of benzene rings is 3. The van der Waals surface area contributed by atoms with E-state index in [0.717, 1.165) is 37.7 Å². The predicted molar refractivity (Wildman–Crippen MR) is 146 cm³/mol. The molecular weight excluding hydrogens is 432 g/mol. The number of hydrogen-bond acceptors (Lipinski definition) is 4. The standard InChI is InChI=1S/C31H38N2O2/c1-20-8-10-24(11-9-20)28-27-23(4)29(21(2)22(3)30(27)35-31(28,5)6)33-18-16-32(17-19-33)25-12-14-26(34-7)15-13-25/h8-15,28H,16-19H2,1-7H3. The van der Waals surface area contributed by atoms with E-state index in [1.165, 1.54) is 44.8 Å². The highest BCUT2D eigenvalue weighted by molar-refractivity contribution is 5.72. The van der Waals surface area contributed by atoms with E-state index < -0.39 is 0 Å².